The second-order valence-electron chi connectivity index (χ2n) is 8.81. The Morgan fingerprint density at radius 1 is 1.35 bits per heavy atom. The van der Waals surface area contributed by atoms with Crippen molar-refractivity contribution in [3.8, 4) is 0 Å². The lowest BCUT2D eigenvalue weighted by Crippen LogP contribution is -2.54. The van der Waals surface area contributed by atoms with Crippen LogP contribution in [0.4, 0.5) is 0 Å². The summed E-state index contributed by atoms with van der Waals surface area (Å²) in [6, 6.07) is 0. The van der Waals surface area contributed by atoms with Crippen LogP contribution in [-0.2, 0) is 9.53 Å². The molecule has 3 aliphatic carbocycles. The molecular weight excluding hydrogens is 288 g/mol. The zero-order chi connectivity index (χ0) is 16.8. The second-order valence-corrected chi connectivity index (χ2v) is 8.81. The maximum absolute atomic E-state index is 12.4. The number of hydrogen-bond donors (Lipinski definition) is 1. The molecule has 1 unspecified atom stereocenters. The third-order valence-corrected chi connectivity index (χ3v) is 7.31. The van der Waals surface area contributed by atoms with Crippen LogP contribution < -0.4 is 0 Å². The predicted molar refractivity (Wildman–Crippen MR) is 90.7 cm³/mol. The highest BCUT2D eigenvalue weighted by Crippen LogP contribution is 2.63. The number of ether oxygens (including phenoxy) is 1. The fourth-order valence-electron chi connectivity index (χ4n) is 6.24. The van der Waals surface area contributed by atoms with E-state index in [1.165, 1.54) is 25.5 Å². The van der Waals surface area contributed by atoms with Crippen LogP contribution in [0.1, 0.15) is 59.3 Å². The molecule has 3 aliphatic rings. The molecule has 1 N–H and O–H groups in total. The van der Waals surface area contributed by atoms with E-state index >= 15 is 0 Å². The van der Waals surface area contributed by atoms with Gasteiger partial charge in [0, 0.05) is 5.41 Å². The van der Waals surface area contributed by atoms with Crippen LogP contribution in [0.2, 0.25) is 0 Å². The number of aliphatic hydroxyl groups is 1. The first kappa shape index (κ1) is 17.0. The second kappa shape index (κ2) is 5.91. The number of carbonyl (C=O) groups excluding carboxylic acids is 1. The molecular formula is C20H32O3. The minimum absolute atomic E-state index is 0.0330. The van der Waals surface area contributed by atoms with Crippen molar-refractivity contribution in [1.82, 2.24) is 0 Å². The van der Waals surface area contributed by atoms with E-state index in [1.54, 1.807) is 0 Å². The lowest BCUT2D eigenvalue weighted by atomic mass is 9.45. The maximum Gasteiger partial charge on any atom is 0.309 e. The monoisotopic (exact) mass is 320 g/mol. The molecule has 0 aromatic rings. The van der Waals surface area contributed by atoms with Gasteiger partial charge < -0.3 is 9.84 Å². The molecule has 130 valence electrons. The lowest BCUT2D eigenvalue weighted by Gasteiger charge is -2.59. The number of esters is 1. The van der Waals surface area contributed by atoms with Gasteiger partial charge in [-0.3, -0.25) is 4.79 Å². The smallest absolute Gasteiger partial charge is 0.309 e. The van der Waals surface area contributed by atoms with E-state index < -0.39 is 0 Å². The maximum atomic E-state index is 12.4. The van der Waals surface area contributed by atoms with Crippen molar-refractivity contribution in [2.75, 3.05) is 13.7 Å². The van der Waals surface area contributed by atoms with Crippen molar-refractivity contribution in [2.45, 2.75) is 59.3 Å². The summed E-state index contributed by atoms with van der Waals surface area (Å²) in [6.07, 6.45) is 8.98. The van der Waals surface area contributed by atoms with Crippen molar-refractivity contribution in [1.29, 1.82) is 0 Å². The molecule has 0 heterocycles. The highest BCUT2D eigenvalue weighted by atomic mass is 16.5. The van der Waals surface area contributed by atoms with Crippen LogP contribution >= 0.6 is 0 Å². The molecule has 0 amide bonds. The van der Waals surface area contributed by atoms with E-state index in [0.717, 1.165) is 25.7 Å². The number of fused-ring (bicyclic) bond motifs is 3. The molecule has 0 saturated heterocycles. The van der Waals surface area contributed by atoms with Gasteiger partial charge in [0.25, 0.3) is 0 Å². The van der Waals surface area contributed by atoms with Crippen LogP contribution in [0.3, 0.4) is 0 Å². The Balaban J connectivity index is 2.02. The molecule has 3 heteroatoms. The molecule has 3 nitrogen and oxygen atoms in total. The average molecular weight is 320 g/mol. The summed E-state index contributed by atoms with van der Waals surface area (Å²) in [6.45, 7) is 7.12. The molecule has 0 spiro atoms. The SMILES string of the molecule is COC(=O)[C@H]1C(C)CC=C2[C@H]1CC[C@@H]1C(C)(C)CCC[C@@]21CO. The van der Waals surface area contributed by atoms with Crippen LogP contribution in [0.5, 0.6) is 0 Å². The van der Waals surface area contributed by atoms with Gasteiger partial charge in [-0.15, -0.1) is 0 Å². The standard InChI is InChI=1S/C20H32O3/c1-13-6-8-15-14(17(13)18(22)23-4)7-9-16-19(2,3)10-5-11-20(15,16)12-21/h8,13-14,16-17,21H,5-7,9-12H2,1-4H3/t13?,14-,16-,17+,20-/m1/s1. The summed E-state index contributed by atoms with van der Waals surface area (Å²) >= 11 is 0. The van der Waals surface area contributed by atoms with Gasteiger partial charge in [0.2, 0.25) is 0 Å². The van der Waals surface area contributed by atoms with Gasteiger partial charge in [0.1, 0.15) is 0 Å². The Morgan fingerprint density at radius 2 is 2.09 bits per heavy atom. The quantitative estimate of drug-likeness (QED) is 0.619. The number of hydrogen-bond acceptors (Lipinski definition) is 3. The third kappa shape index (κ3) is 2.47. The van der Waals surface area contributed by atoms with E-state index in [0.29, 0.717) is 11.8 Å². The number of rotatable bonds is 2. The molecule has 2 saturated carbocycles. The molecule has 3 rings (SSSR count). The van der Waals surface area contributed by atoms with E-state index in [-0.39, 0.29) is 35.2 Å². The molecule has 23 heavy (non-hydrogen) atoms. The Bertz CT molecular complexity index is 507. The van der Waals surface area contributed by atoms with Crippen molar-refractivity contribution in [3.05, 3.63) is 11.6 Å². The topological polar surface area (TPSA) is 46.5 Å². The number of carbonyl (C=O) groups is 1. The number of allylic oxidation sites excluding steroid dienone is 1. The summed E-state index contributed by atoms with van der Waals surface area (Å²) in [7, 11) is 1.50. The summed E-state index contributed by atoms with van der Waals surface area (Å²) in [4.78, 5) is 12.4. The van der Waals surface area contributed by atoms with Crippen molar-refractivity contribution in [3.63, 3.8) is 0 Å². The molecule has 0 aromatic carbocycles. The molecule has 0 radical (unpaired) electrons. The van der Waals surface area contributed by atoms with E-state index in [4.69, 9.17) is 4.74 Å². The van der Waals surface area contributed by atoms with Gasteiger partial charge in [-0.25, -0.2) is 0 Å². The molecule has 5 atom stereocenters. The van der Waals surface area contributed by atoms with Gasteiger partial charge >= 0.3 is 5.97 Å². The first-order valence-electron chi connectivity index (χ1n) is 9.26. The van der Waals surface area contributed by atoms with Crippen LogP contribution in [0, 0.1) is 34.5 Å². The van der Waals surface area contributed by atoms with Crippen LogP contribution in [0.15, 0.2) is 11.6 Å². The summed E-state index contributed by atoms with van der Waals surface area (Å²) < 4.78 is 5.12. The minimum Gasteiger partial charge on any atom is -0.469 e. The first-order valence-corrected chi connectivity index (χ1v) is 9.26. The predicted octanol–water partition coefficient (Wildman–Crippen LogP) is 3.96. The highest BCUT2D eigenvalue weighted by Gasteiger charge is 2.57. The van der Waals surface area contributed by atoms with Crippen molar-refractivity contribution in [2.24, 2.45) is 34.5 Å². The highest BCUT2D eigenvalue weighted by molar-refractivity contribution is 5.74. The van der Waals surface area contributed by atoms with E-state index in [1.807, 2.05) is 0 Å². The Morgan fingerprint density at radius 3 is 2.74 bits per heavy atom. The minimum atomic E-state index is -0.100. The number of aliphatic hydroxyl groups excluding tert-OH is 1. The fourth-order valence-corrected chi connectivity index (χ4v) is 6.24. The van der Waals surface area contributed by atoms with Crippen molar-refractivity contribution >= 4 is 5.97 Å². The summed E-state index contributed by atoms with van der Waals surface area (Å²) in [5.74, 6) is 1.04. The zero-order valence-electron chi connectivity index (χ0n) is 15.1. The van der Waals surface area contributed by atoms with Gasteiger partial charge in [-0.2, -0.15) is 0 Å². The van der Waals surface area contributed by atoms with Crippen molar-refractivity contribution < 1.29 is 14.6 Å². The zero-order valence-corrected chi connectivity index (χ0v) is 15.1. The van der Waals surface area contributed by atoms with Gasteiger partial charge in [0.05, 0.1) is 19.6 Å². The van der Waals surface area contributed by atoms with E-state index in [2.05, 4.69) is 26.8 Å². The third-order valence-electron chi connectivity index (χ3n) is 7.31. The summed E-state index contributed by atoms with van der Waals surface area (Å²) in [5, 5.41) is 10.4. The molecule has 0 bridgehead atoms. The first-order chi connectivity index (χ1) is 10.9. The van der Waals surface area contributed by atoms with E-state index in [9.17, 15) is 9.90 Å². The van der Waals surface area contributed by atoms with Gasteiger partial charge in [-0.05, 0) is 55.3 Å². The molecule has 0 aromatic heterocycles. The van der Waals surface area contributed by atoms with Gasteiger partial charge in [0.15, 0.2) is 0 Å². The summed E-state index contributed by atoms with van der Waals surface area (Å²) in [5.41, 5.74) is 1.56. The fraction of sp³-hybridized carbons (Fsp3) is 0.850. The Hall–Kier alpha value is -0.830. The normalized spacial score (nSPS) is 42.2. The van der Waals surface area contributed by atoms with Crippen LogP contribution in [-0.4, -0.2) is 24.8 Å². The lowest BCUT2D eigenvalue weighted by molar-refractivity contribution is -0.151. The Labute approximate surface area is 140 Å². The molecule has 0 aliphatic heterocycles. The molecule has 2 fully saturated rings. The Kier molecular flexibility index (Phi) is 4.37. The van der Waals surface area contributed by atoms with Crippen LogP contribution in [0.25, 0.3) is 0 Å². The largest absolute Gasteiger partial charge is 0.469 e. The number of methoxy groups -OCH3 is 1. The average Bonchev–Trinajstić information content (AvgIpc) is 2.53. The van der Waals surface area contributed by atoms with Gasteiger partial charge in [-0.1, -0.05) is 38.8 Å².